The second-order valence-electron chi connectivity index (χ2n) is 5.93. The molecule has 2 heteroatoms. The van der Waals surface area contributed by atoms with Gasteiger partial charge in [0.05, 0.1) is 0 Å². The number of pyridine rings is 1. The zero-order valence-electron chi connectivity index (χ0n) is 11.0. The molecule has 1 saturated carbocycles. The molecule has 17 heavy (non-hydrogen) atoms. The molecule has 1 atom stereocenters. The summed E-state index contributed by atoms with van der Waals surface area (Å²) in [6.45, 7) is 4.60. The van der Waals surface area contributed by atoms with Gasteiger partial charge in [0.25, 0.3) is 0 Å². The lowest BCUT2D eigenvalue weighted by Gasteiger charge is -2.37. The van der Waals surface area contributed by atoms with E-state index in [1.807, 2.05) is 18.5 Å². The minimum atomic E-state index is 0.154. The maximum Gasteiger partial charge on any atom is 0.0367 e. The molecule has 1 unspecified atom stereocenters. The van der Waals surface area contributed by atoms with Gasteiger partial charge in [-0.25, -0.2) is 0 Å². The maximum absolute atomic E-state index is 6.54. The van der Waals surface area contributed by atoms with E-state index in [0.717, 1.165) is 5.92 Å². The van der Waals surface area contributed by atoms with E-state index in [9.17, 15) is 0 Å². The predicted octanol–water partition coefficient (Wildman–Crippen LogP) is 3.69. The molecular weight excluding hydrogens is 208 g/mol. The molecule has 94 valence electrons. The first kappa shape index (κ1) is 12.6. The summed E-state index contributed by atoms with van der Waals surface area (Å²) in [5, 5.41) is 0. The summed E-state index contributed by atoms with van der Waals surface area (Å²) in [6, 6.07) is 4.27. The lowest BCUT2D eigenvalue weighted by molar-refractivity contribution is 0.183. The van der Waals surface area contributed by atoms with Crippen molar-refractivity contribution in [2.45, 2.75) is 52.0 Å². The summed E-state index contributed by atoms with van der Waals surface area (Å²) in [4.78, 5) is 4.21. The van der Waals surface area contributed by atoms with Gasteiger partial charge >= 0.3 is 0 Å². The molecule has 2 N–H and O–H groups in total. The van der Waals surface area contributed by atoms with Gasteiger partial charge in [-0.2, -0.15) is 0 Å². The van der Waals surface area contributed by atoms with E-state index in [4.69, 9.17) is 5.73 Å². The Labute approximate surface area is 105 Å². The zero-order valence-corrected chi connectivity index (χ0v) is 11.0. The van der Waals surface area contributed by atoms with Gasteiger partial charge in [-0.1, -0.05) is 32.8 Å². The molecule has 1 heterocycles. The largest absolute Gasteiger partial charge is 0.323 e. The molecule has 0 spiro atoms. The molecule has 1 aromatic heterocycles. The fourth-order valence-corrected chi connectivity index (χ4v) is 3.45. The summed E-state index contributed by atoms with van der Waals surface area (Å²) in [7, 11) is 0. The lowest BCUT2D eigenvalue weighted by atomic mass is 9.71. The third-order valence-electron chi connectivity index (χ3n) is 4.12. The average Bonchev–Trinajstić information content (AvgIpc) is 2.78. The van der Waals surface area contributed by atoms with Crippen molar-refractivity contribution in [2.24, 2.45) is 17.1 Å². The molecule has 1 aromatic rings. The molecule has 2 rings (SSSR count). The first-order chi connectivity index (χ1) is 8.14. The van der Waals surface area contributed by atoms with Gasteiger partial charge in [-0.3, -0.25) is 4.98 Å². The topological polar surface area (TPSA) is 38.9 Å². The van der Waals surface area contributed by atoms with Crippen LogP contribution in [0.2, 0.25) is 0 Å². The number of aromatic nitrogens is 1. The fraction of sp³-hybridized carbons (Fsp3) is 0.667. The van der Waals surface area contributed by atoms with Crippen molar-refractivity contribution in [3.63, 3.8) is 0 Å². The second kappa shape index (κ2) is 5.18. The van der Waals surface area contributed by atoms with E-state index in [2.05, 4.69) is 24.9 Å². The molecule has 0 aromatic carbocycles. The van der Waals surface area contributed by atoms with Gasteiger partial charge in [-0.05, 0) is 42.2 Å². The minimum Gasteiger partial charge on any atom is -0.323 e. The molecule has 0 saturated heterocycles. The van der Waals surface area contributed by atoms with Crippen molar-refractivity contribution in [3.05, 3.63) is 30.1 Å². The van der Waals surface area contributed by atoms with E-state index in [-0.39, 0.29) is 6.04 Å². The van der Waals surface area contributed by atoms with Crippen LogP contribution in [0.1, 0.15) is 57.6 Å². The smallest absolute Gasteiger partial charge is 0.0367 e. The Morgan fingerprint density at radius 2 is 2.06 bits per heavy atom. The highest BCUT2D eigenvalue weighted by Crippen LogP contribution is 2.50. The normalized spacial score (nSPS) is 20.7. The third kappa shape index (κ3) is 2.68. The van der Waals surface area contributed by atoms with Gasteiger partial charge in [0.2, 0.25) is 0 Å². The van der Waals surface area contributed by atoms with Gasteiger partial charge in [0.1, 0.15) is 0 Å². The Hall–Kier alpha value is -0.890. The standard InChI is InChI=1S/C15H24N2/c1-12(2)10-15(7-3-4-8-15)14(16)13-6-5-9-17-11-13/h5-6,9,11-12,14H,3-4,7-8,10,16H2,1-2H3. The van der Waals surface area contributed by atoms with E-state index in [1.54, 1.807) is 0 Å². The quantitative estimate of drug-likeness (QED) is 0.860. The van der Waals surface area contributed by atoms with E-state index < -0.39 is 0 Å². The Morgan fingerprint density at radius 1 is 1.35 bits per heavy atom. The molecule has 1 aliphatic rings. The summed E-state index contributed by atoms with van der Waals surface area (Å²) < 4.78 is 0. The molecule has 0 aliphatic heterocycles. The van der Waals surface area contributed by atoms with E-state index in [1.165, 1.54) is 37.7 Å². The Balaban J connectivity index is 2.21. The van der Waals surface area contributed by atoms with Gasteiger partial charge in [-0.15, -0.1) is 0 Å². The number of nitrogens with zero attached hydrogens (tertiary/aromatic N) is 1. The van der Waals surface area contributed by atoms with Crippen molar-refractivity contribution >= 4 is 0 Å². The van der Waals surface area contributed by atoms with Crippen molar-refractivity contribution in [2.75, 3.05) is 0 Å². The summed E-state index contributed by atoms with van der Waals surface area (Å²) in [5.41, 5.74) is 8.06. The molecule has 1 aliphatic carbocycles. The molecule has 1 fully saturated rings. The van der Waals surface area contributed by atoms with Crippen LogP contribution in [0.15, 0.2) is 24.5 Å². The number of hydrogen-bond acceptors (Lipinski definition) is 2. The van der Waals surface area contributed by atoms with Crippen molar-refractivity contribution in [1.82, 2.24) is 4.98 Å². The van der Waals surface area contributed by atoms with Crippen molar-refractivity contribution in [1.29, 1.82) is 0 Å². The van der Waals surface area contributed by atoms with Crippen LogP contribution in [-0.2, 0) is 0 Å². The van der Waals surface area contributed by atoms with Crippen LogP contribution in [0.3, 0.4) is 0 Å². The predicted molar refractivity (Wildman–Crippen MR) is 71.5 cm³/mol. The lowest BCUT2D eigenvalue weighted by Crippen LogP contribution is -2.33. The molecule has 2 nitrogen and oxygen atoms in total. The molecule has 0 radical (unpaired) electrons. The van der Waals surface area contributed by atoms with Crippen LogP contribution >= 0.6 is 0 Å². The Kier molecular flexibility index (Phi) is 3.82. The van der Waals surface area contributed by atoms with Gasteiger partial charge in [0, 0.05) is 18.4 Å². The summed E-state index contributed by atoms with van der Waals surface area (Å²) in [6.07, 6.45) is 10.2. The van der Waals surface area contributed by atoms with Crippen LogP contribution in [-0.4, -0.2) is 4.98 Å². The average molecular weight is 232 g/mol. The fourth-order valence-electron chi connectivity index (χ4n) is 3.45. The zero-order chi connectivity index (χ0) is 12.3. The van der Waals surface area contributed by atoms with Crippen molar-refractivity contribution < 1.29 is 0 Å². The number of rotatable bonds is 4. The van der Waals surface area contributed by atoms with E-state index in [0.29, 0.717) is 5.41 Å². The van der Waals surface area contributed by atoms with Crippen LogP contribution in [0, 0.1) is 11.3 Å². The summed E-state index contributed by atoms with van der Waals surface area (Å²) >= 11 is 0. The van der Waals surface area contributed by atoms with E-state index >= 15 is 0 Å². The molecule has 0 amide bonds. The monoisotopic (exact) mass is 232 g/mol. The SMILES string of the molecule is CC(C)CC1(C(N)c2cccnc2)CCCC1. The number of nitrogens with two attached hydrogens (primary N) is 1. The molecule has 0 bridgehead atoms. The first-order valence-electron chi connectivity index (χ1n) is 6.79. The highest BCUT2D eigenvalue weighted by Gasteiger charge is 2.40. The van der Waals surface area contributed by atoms with Crippen molar-refractivity contribution in [3.8, 4) is 0 Å². The van der Waals surface area contributed by atoms with Crippen LogP contribution in [0.4, 0.5) is 0 Å². The van der Waals surface area contributed by atoms with Crippen LogP contribution in [0.5, 0.6) is 0 Å². The maximum atomic E-state index is 6.54. The summed E-state index contributed by atoms with van der Waals surface area (Å²) in [5.74, 6) is 0.718. The second-order valence-corrected chi connectivity index (χ2v) is 5.93. The third-order valence-corrected chi connectivity index (χ3v) is 4.12. The van der Waals surface area contributed by atoms with Crippen LogP contribution < -0.4 is 5.73 Å². The van der Waals surface area contributed by atoms with Crippen LogP contribution in [0.25, 0.3) is 0 Å². The van der Waals surface area contributed by atoms with Gasteiger partial charge < -0.3 is 5.73 Å². The number of hydrogen-bond donors (Lipinski definition) is 1. The van der Waals surface area contributed by atoms with Gasteiger partial charge in [0.15, 0.2) is 0 Å². The Morgan fingerprint density at radius 3 is 2.59 bits per heavy atom. The highest BCUT2D eigenvalue weighted by atomic mass is 14.7. The first-order valence-corrected chi connectivity index (χ1v) is 6.79. The molecular formula is C15H24N2. The minimum absolute atomic E-state index is 0.154. The Bertz CT molecular complexity index is 339. The highest BCUT2D eigenvalue weighted by molar-refractivity contribution is 5.17.